The number of carbonyl (C=O) groups excluding carboxylic acids is 3. The third-order valence-corrected chi connectivity index (χ3v) is 5.11. The first-order valence-corrected chi connectivity index (χ1v) is 9.29. The fourth-order valence-corrected chi connectivity index (χ4v) is 3.71. The number of nitrogens with two attached hydrogens (primary N) is 1. The summed E-state index contributed by atoms with van der Waals surface area (Å²) in [5.74, 6) is -1.63. The van der Waals surface area contributed by atoms with Crippen molar-refractivity contribution in [2.45, 2.75) is 13.8 Å². The molecule has 2 rings (SSSR count). The van der Waals surface area contributed by atoms with Crippen molar-refractivity contribution in [3.8, 4) is 5.75 Å². The Kier molecular flexibility index (Phi) is 7.06. The van der Waals surface area contributed by atoms with Crippen molar-refractivity contribution in [3.63, 3.8) is 0 Å². The van der Waals surface area contributed by atoms with Crippen molar-refractivity contribution >= 4 is 57.3 Å². The molecule has 0 aliphatic rings. The average Bonchev–Trinajstić information content (AvgIpc) is 2.90. The van der Waals surface area contributed by atoms with Gasteiger partial charge in [0, 0.05) is 5.02 Å². The minimum Gasteiger partial charge on any atom is -0.482 e. The number of halogens is 2. The van der Waals surface area contributed by atoms with E-state index in [1.807, 2.05) is 0 Å². The van der Waals surface area contributed by atoms with Crippen LogP contribution in [0.4, 0.5) is 5.00 Å². The van der Waals surface area contributed by atoms with Crippen LogP contribution in [-0.4, -0.2) is 31.0 Å². The lowest BCUT2D eigenvalue weighted by Crippen LogP contribution is -2.21. The molecule has 3 N–H and O–H groups in total. The molecule has 144 valence electrons. The summed E-state index contributed by atoms with van der Waals surface area (Å²) in [5, 5.41) is 3.40. The van der Waals surface area contributed by atoms with E-state index in [2.05, 4.69) is 5.32 Å². The molecule has 0 unspecified atom stereocenters. The molecule has 1 heterocycles. The van der Waals surface area contributed by atoms with Crippen molar-refractivity contribution in [2.24, 2.45) is 5.73 Å². The molecular weight excluding hydrogens is 415 g/mol. The number of amides is 2. The van der Waals surface area contributed by atoms with E-state index in [0.717, 1.165) is 11.3 Å². The van der Waals surface area contributed by atoms with Crippen LogP contribution in [-0.2, 0) is 9.53 Å². The molecule has 2 aromatic rings. The number of anilines is 1. The van der Waals surface area contributed by atoms with Gasteiger partial charge in [-0.25, -0.2) is 4.79 Å². The maximum Gasteiger partial charge on any atom is 0.341 e. The minimum absolute atomic E-state index is 0.0912. The molecule has 0 saturated carbocycles. The molecule has 7 nitrogen and oxygen atoms in total. The van der Waals surface area contributed by atoms with Crippen molar-refractivity contribution < 1.29 is 23.9 Å². The first-order chi connectivity index (χ1) is 12.7. The summed E-state index contributed by atoms with van der Waals surface area (Å²) in [5.41, 5.74) is 5.76. The van der Waals surface area contributed by atoms with Gasteiger partial charge in [-0.1, -0.05) is 23.2 Å². The van der Waals surface area contributed by atoms with Gasteiger partial charge in [-0.2, -0.15) is 0 Å². The second-order valence-corrected chi connectivity index (χ2v) is 7.12. The second-order valence-electron chi connectivity index (χ2n) is 5.26. The zero-order chi connectivity index (χ0) is 20.1. The molecular formula is C17H16Cl2N2O5S. The molecule has 0 aliphatic carbocycles. The number of ether oxygens (including phenoxy) is 2. The fourth-order valence-electron chi connectivity index (χ4n) is 2.18. The van der Waals surface area contributed by atoms with Crippen LogP contribution in [0.25, 0.3) is 0 Å². The Balaban J connectivity index is 2.17. The Morgan fingerprint density at radius 3 is 2.56 bits per heavy atom. The fraction of sp³-hybridized carbons (Fsp3) is 0.235. The lowest BCUT2D eigenvalue weighted by atomic mass is 10.1. The van der Waals surface area contributed by atoms with Gasteiger partial charge in [0.2, 0.25) is 0 Å². The van der Waals surface area contributed by atoms with E-state index < -0.39 is 17.8 Å². The number of rotatable bonds is 7. The van der Waals surface area contributed by atoms with E-state index in [-0.39, 0.29) is 39.4 Å². The van der Waals surface area contributed by atoms with Crippen molar-refractivity contribution in [2.75, 3.05) is 18.5 Å². The number of nitrogens with one attached hydrogen (secondary N) is 1. The Bertz CT molecular complexity index is 898. The highest BCUT2D eigenvalue weighted by atomic mass is 35.5. The maximum atomic E-state index is 12.2. The lowest BCUT2D eigenvalue weighted by Gasteiger charge is -2.09. The molecule has 2 amide bonds. The average molecular weight is 431 g/mol. The van der Waals surface area contributed by atoms with Gasteiger partial charge in [0.15, 0.2) is 6.61 Å². The van der Waals surface area contributed by atoms with Gasteiger partial charge in [-0.05, 0) is 37.6 Å². The van der Waals surface area contributed by atoms with Crippen LogP contribution >= 0.6 is 34.5 Å². The number of thiophene rings is 1. The normalized spacial score (nSPS) is 10.4. The highest BCUT2D eigenvalue weighted by Crippen LogP contribution is 2.33. The molecule has 27 heavy (non-hydrogen) atoms. The minimum atomic E-state index is -0.701. The molecule has 10 heteroatoms. The van der Waals surface area contributed by atoms with Crippen molar-refractivity contribution in [3.05, 3.63) is 44.2 Å². The van der Waals surface area contributed by atoms with E-state index in [1.165, 1.54) is 12.1 Å². The second kappa shape index (κ2) is 9.07. The number of benzene rings is 1. The summed E-state index contributed by atoms with van der Waals surface area (Å²) < 4.78 is 10.3. The number of carbonyl (C=O) groups is 3. The van der Waals surface area contributed by atoms with Gasteiger partial charge in [0.25, 0.3) is 11.8 Å². The highest BCUT2D eigenvalue weighted by molar-refractivity contribution is 7.18. The van der Waals surface area contributed by atoms with Crippen LogP contribution in [0.2, 0.25) is 10.0 Å². The third kappa shape index (κ3) is 5.12. The number of hydrogen-bond donors (Lipinski definition) is 2. The van der Waals surface area contributed by atoms with E-state index in [4.69, 9.17) is 38.4 Å². The van der Waals surface area contributed by atoms with Crippen LogP contribution in [0.1, 0.15) is 32.5 Å². The SMILES string of the molecule is CCOC(=O)c1c(NC(=O)COc2ccc(Cl)cc2Cl)sc(C(N)=O)c1C. The topological polar surface area (TPSA) is 108 Å². The van der Waals surface area contributed by atoms with Gasteiger partial charge in [0.05, 0.1) is 22.1 Å². The predicted octanol–water partition coefficient (Wildman–Crippen LogP) is 3.66. The number of esters is 1. The summed E-state index contributed by atoms with van der Waals surface area (Å²) in [6, 6.07) is 4.58. The number of hydrogen-bond acceptors (Lipinski definition) is 6. The molecule has 1 aromatic carbocycles. The Morgan fingerprint density at radius 2 is 1.96 bits per heavy atom. The molecule has 0 radical (unpaired) electrons. The molecule has 0 atom stereocenters. The van der Waals surface area contributed by atoms with Crippen LogP contribution < -0.4 is 15.8 Å². The quantitative estimate of drug-likeness (QED) is 0.651. The summed E-state index contributed by atoms with van der Waals surface area (Å²) in [4.78, 5) is 36.1. The Morgan fingerprint density at radius 1 is 1.26 bits per heavy atom. The lowest BCUT2D eigenvalue weighted by molar-refractivity contribution is -0.118. The molecule has 0 saturated heterocycles. The van der Waals surface area contributed by atoms with E-state index in [0.29, 0.717) is 10.6 Å². The van der Waals surface area contributed by atoms with Crippen molar-refractivity contribution in [1.82, 2.24) is 0 Å². The summed E-state index contributed by atoms with van der Waals surface area (Å²) >= 11 is 12.7. The smallest absolute Gasteiger partial charge is 0.341 e. The summed E-state index contributed by atoms with van der Waals surface area (Å²) in [6.07, 6.45) is 0. The standard InChI is InChI=1S/C17H16Cl2N2O5S/c1-3-25-17(24)13-8(2)14(15(20)23)27-16(13)21-12(22)7-26-11-5-4-9(18)6-10(11)19/h4-6H,3,7H2,1-2H3,(H2,20,23)(H,21,22). The van der Waals surface area contributed by atoms with Crippen LogP contribution in [0.15, 0.2) is 18.2 Å². The van der Waals surface area contributed by atoms with Gasteiger partial charge in [-0.3, -0.25) is 9.59 Å². The monoisotopic (exact) mass is 430 g/mol. The molecule has 0 bridgehead atoms. The Hall–Kier alpha value is -2.29. The summed E-state index contributed by atoms with van der Waals surface area (Å²) in [7, 11) is 0. The van der Waals surface area contributed by atoms with Gasteiger partial charge in [-0.15, -0.1) is 11.3 Å². The molecule has 0 fully saturated rings. The predicted molar refractivity (Wildman–Crippen MR) is 104 cm³/mol. The van der Waals surface area contributed by atoms with Crippen LogP contribution in [0.5, 0.6) is 5.75 Å². The van der Waals surface area contributed by atoms with Crippen molar-refractivity contribution in [1.29, 1.82) is 0 Å². The number of primary amides is 1. The largest absolute Gasteiger partial charge is 0.482 e. The van der Waals surface area contributed by atoms with Crippen LogP contribution in [0.3, 0.4) is 0 Å². The summed E-state index contributed by atoms with van der Waals surface area (Å²) in [6.45, 7) is 2.98. The maximum absolute atomic E-state index is 12.2. The van der Waals surface area contributed by atoms with E-state index >= 15 is 0 Å². The van der Waals surface area contributed by atoms with Crippen LogP contribution in [0, 0.1) is 6.92 Å². The van der Waals surface area contributed by atoms with E-state index in [1.54, 1.807) is 19.9 Å². The molecule has 0 aliphatic heterocycles. The molecule has 0 spiro atoms. The van der Waals surface area contributed by atoms with E-state index in [9.17, 15) is 14.4 Å². The third-order valence-electron chi connectivity index (χ3n) is 3.36. The highest BCUT2D eigenvalue weighted by Gasteiger charge is 2.25. The first-order valence-electron chi connectivity index (χ1n) is 7.72. The van der Waals surface area contributed by atoms with Gasteiger partial charge < -0.3 is 20.5 Å². The van der Waals surface area contributed by atoms with Gasteiger partial charge in [0.1, 0.15) is 10.8 Å². The first kappa shape index (κ1) is 21.0. The molecule has 1 aromatic heterocycles. The Labute approximate surface area is 169 Å². The zero-order valence-corrected chi connectivity index (χ0v) is 16.8. The van der Waals surface area contributed by atoms with Gasteiger partial charge >= 0.3 is 5.97 Å². The zero-order valence-electron chi connectivity index (χ0n) is 14.4.